The Bertz CT molecular complexity index is 368. The summed E-state index contributed by atoms with van der Waals surface area (Å²) in [6, 6.07) is 7.40. The maximum Gasteiger partial charge on any atom is 0.246 e. The SMILES string of the molecule is CCCOCC(=O)N[C@@H](C)c1cccc(Cl)c1. The second kappa shape index (κ2) is 7.30. The average molecular weight is 256 g/mol. The summed E-state index contributed by atoms with van der Waals surface area (Å²) >= 11 is 5.89. The summed E-state index contributed by atoms with van der Waals surface area (Å²) in [5.41, 5.74) is 0.987. The van der Waals surface area contributed by atoms with Crippen molar-refractivity contribution in [3.8, 4) is 0 Å². The predicted molar refractivity (Wildman–Crippen MR) is 69.1 cm³/mol. The van der Waals surface area contributed by atoms with E-state index in [1.807, 2.05) is 38.1 Å². The smallest absolute Gasteiger partial charge is 0.246 e. The van der Waals surface area contributed by atoms with Gasteiger partial charge in [0.05, 0.1) is 6.04 Å². The topological polar surface area (TPSA) is 38.3 Å². The van der Waals surface area contributed by atoms with Gasteiger partial charge in [0.1, 0.15) is 6.61 Å². The summed E-state index contributed by atoms with van der Waals surface area (Å²) in [4.78, 5) is 11.5. The lowest BCUT2D eigenvalue weighted by Gasteiger charge is -2.14. The number of hydrogen-bond donors (Lipinski definition) is 1. The van der Waals surface area contributed by atoms with Crippen molar-refractivity contribution >= 4 is 17.5 Å². The Kier molecular flexibility index (Phi) is 6.01. The van der Waals surface area contributed by atoms with Crippen molar-refractivity contribution in [3.63, 3.8) is 0 Å². The third-order valence-electron chi connectivity index (χ3n) is 2.31. The number of carbonyl (C=O) groups is 1. The second-order valence-electron chi connectivity index (χ2n) is 3.90. The van der Waals surface area contributed by atoms with E-state index >= 15 is 0 Å². The average Bonchev–Trinajstić information content (AvgIpc) is 2.29. The zero-order valence-electron chi connectivity index (χ0n) is 10.2. The van der Waals surface area contributed by atoms with Crippen LogP contribution in [0.2, 0.25) is 5.02 Å². The molecule has 0 aliphatic rings. The van der Waals surface area contributed by atoms with Gasteiger partial charge >= 0.3 is 0 Å². The highest BCUT2D eigenvalue weighted by Crippen LogP contribution is 2.17. The van der Waals surface area contributed by atoms with Gasteiger partial charge in [0, 0.05) is 11.6 Å². The van der Waals surface area contributed by atoms with Crippen molar-refractivity contribution in [1.82, 2.24) is 5.32 Å². The second-order valence-corrected chi connectivity index (χ2v) is 4.33. The molecular formula is C13H18ClNO2. The van der Waals surface area contributed by atoms with Gasteiger partial charge in [-0.05, 0) is 31.0 Å². The summed E-state index contributed by atoms with van der Waals surface area (Å²) in [5.74, 6) is -0.106. The van der Waals surface area contributed by atoms with Crippen LogP contribution in [0.15, 0.2) is 24.3 Å². The molecule has 0 aliphatic carbocycles. The van der Waals surface area contributed by atoms with E-state index in [2.05, 4.69) is 5.32 Å². The first kappa shape index (κ1) is 14.0. The van der Waals surface area contributed by atoms with E-state index in [1.165, 1.54) is 0 Å². The zero-order chi connectivity index (χ0) is 12.7. The molecule has 0 saturated heterocycles. The first-order chi connectivity index (χ1) is 8.13. The number of carbonyl (C=O) groups excluding carboxylic acids is 1. The largest absolute Gasteiger partial charge is 0.372 e. The van der Waals surface area contributed by atoms with Gasteiger partial charge in [-0.25, -0.2) is 0 Å². The summed E-state index contributed by atoms with van der Waals surface area (Å²) in [6.45, 7) is 4.65. The summed E-state index contributed by atoms with van der Waals surface area (Å²) in [7, 11) is 0. The molecule has 4 heteroatoms. The molecule has 0 bridgehead atoms. The van der Waals surface area contributed by atoms with Crippen LogP contribution in [0.4, 0.5) is 0 Å². The van der Waals surface area contributed by atoms with Crippen molar-refractivity contribution in [3.05, 3.63) is 34.9 Å². The number of nitrogens with one attached hydrogen (secondary N) is 1. The summed E-state index contributed by atoms with van der Waals surface area (Å²) in [5, 5.41) is 3.53. The monoisotopic (exact) mass is 255 g/mol. The van der Waals surface area contributed by atoms with Crippen molar-refractivity contribution in [1.29, 1.82) is 0 Å². The maximum absolute atomic E-state index is 11.5. The zero-order valence-corrected chi connectivity index (χ0v) is 11.0. The summed E-state index contributed by atoms with van der Waals surface area (Å²) < 4.78 is 5.17. The molecule has 0 heterocycles. The Morgan fingerprint density at radius 1 is 1.53 bits per heavy atom. The molecule has 1 amide bonds. The van der Waals surface area contributed by atoms with E-state index in [9.17, 15) is 4.79 Å². The molecule has 1 N–H and O–H groups in total. The van der Waals surface area contributed by atoms with E-state index in [4.69, 9.17) is 16.3 Å². The highest BCUT2D eigenvalue weighted by Gasteiger charge is 2.09. The fourth-order valence-electron chi connectivity index (χ4n) is 1.45. The predicted octanol–water partition coefficient (Wildman–Crippen LogP) is 2.94. The van der Waals surface area contributed by atoms with Crippen LogP contribution in [0, 0.1) is 0 Å². The Morgan fingerprint density at radius 3 is 2.94 bits per heavy atom. The molecule has 3 nitrogen and oxygen atoms in total. The lowest BCUT2D eigenvalue weighted by Crippen LogP contribution is -2.30. The minimum absolute atomic E-state index is 0.0635. The Hall–Kier alpha value is -1.06. The number of rotatable bonds is 6. The molecule has 0 fully saturated rings. The number of halogens is 1. The fraction of sp³-hybridized carbons (Fsp3) is 0.462. The van der Waals surface area contributed by atoms with Crippen LogP contribution in [0.5, 0.6) is 0 Å². The molecular weight excluding hydrogens is 238 g/mol. The van der Waals surface area contributed by atoms with Crippen molar-refractivity contribution in [2.75, 3.05) is 13.2 Å². The molecule has 0 unspecified atom stereocenters. The van der Waals surface area contributed by atoms with Crippen molar-refractivity contribution < 1.29 is 9.53 Å². The van der Waals surface area contributed by atoms with Gasteiger partial charge in [0.2, 0.25) is 5.91 Å². The fourth-order valence-corrected chi connectivity index (χ4v) is 1.65. The molecule has 1 rings (SSSR count). The highest BCUT2D eigenvalue weighted by molar-refractivity contribution is 6.30. The number of hydrogen-bond acceptors (Lipinski definition) is 2. The lowest BCUT2D eigenvalue weighted by molar-refractivity contribution is -0.126. The van der Waals surface area contributed by atoms with Crippen LogP contribution in [0.3, 0.4) is 0 Å². The first-order valence-corrected chi connectivity index (χ1v) is 6.14. The molecule has 0 saturated carbocycles. The molecule has 0 aliphatic heterocycles. The standard InChI is InChI=1S/C13H18ClNO2/c1-3-7-17-9-13(16)15-10(2)11-5-4-6-12(14)8-11/h4-6,8,10H,3,7,9H2,1-2H3,(H,15,16)/t10-/m0/s1. The molecule has 0 aromatic heterocycles. The van der Waals surface area contributed by atoms with Crippen LogP contribution in [0.25, 0.3) is 0 Å². The van der Waals surface area contributed by atoms with E-state index < -0.39 is 0 Å². The van der Waals surface area contributed by atoms with Crippen molar-refractivity contribution in [2.45, 2.75) is 26.3 Å². The summed E-state index contributed by atoms with van der Waals surface area (Å²) in [6.07, 6.45) is 0.914. The van der Waals surface area contributed by atoms with Crippen LogP contribution in [0.1, 0.15) is 31.9 Å². The van der Waals surface area contributed by atoms with Crippen LogP contribution < -0.4 is 5.32 Å². The Morgan fingerprint density at radius 2 is 2.29 bits per heavy atom. The van der Waals surface area contributed by atoms with Crippen molar-refractivity contribution in [2.24, 2.45) is 0 Å². The number of amides is 1. The number of ether oxygens (including phenoxy) is 1. The van der Waals surface area contributed by atoms with E-state index in [0.717, 1.165) is 12.0 Å². The normalized spacial score (nSPS) is 12.2. The van der Waals surface area contributed by atoms with Gasteiger partial charge in [-0.2, -0.15) is 0 Å². The van der Waals surface area contributed by atoms with Gasteiger partial charge in [-0.1, -0.05) is 30.7 Å². The molecule has 17 heavy (non-hydrogen) atoms. The molecule has 0 spiro atoms. The minimum atomic E-state index is -0.106. The quantitative estimate of drug-likeness (QED) is 0.794. The van der Waals surface area contributed by atoms with Gasteiger partial charge in [0.25, 0.3) is 0 Å². The lowest BCUT2D eigenvalue weighted by atomic mass is 10.1. The van der Waals surface area contributed by atoms with E-state index in [-0.39, 0.29) is 18.6 Å². The van der Waals surface area contributed by atoms with Gasteiger partial charge < -0.3 is 10.1 Å². The van der Waals surface area contributed by atoms with Gasteiger partial charge in [-0.15, -0.1) is 0 Å². The maximum atomic E-state index is 11.5. The van der Waals surface area contributed by atoms with Crippen LogP contribution in [-0.2, 0) is 9.53 Å². The third-order valence-corrected chi connectivity index (χ3v) is 2.54. The molecule has 1 aromatic carbocycles. The molecule has 1 aromatic rings. The highest BCUT2D eigenvalue weighted by atomic mass is 35.5. The molecule has 0 radical (unpaired) electrons. The van der Waals surface area contributed by atoms with E-state index in [0.29, 0.717) is 11.6 Å². The Balaban J connectivity index is 2.43. The first-order valence-electron chi connectivity index (χ1n) is 5.76. The van der Waals surface area contributed by atoms with Gasteiger partial charge in [-0.3, -0.25) is 4.79 Å². The third kappa shape index (κ3) is 5.20. The molecule has 94 valence electrons. The van der Waals surface area contributed by atoms with Gasteiger partial charge in [0.15, 0.2) is 0 Å². The number of benzene rings is 1. The molecule has 1 atom stereocenters. The minimum Gasteiger partial charge on any atom is -0.372 e. The Labute approximate surface area is 107 Å². The van der Waals surface area contributed by atoms with E-state index in [1.54, 1.807) is 0 Å². The van der Waals surface area contributed by atoms with Crippen LogP contribution >= 0.6 is 11.6 Å². The van der Waals surface area contributed by atoms with Crippen LogP contribution in [-0.4, -0.2) is 19.1 Å².